The number of benzene rings is 2. The highest BCUT2D eigenvalue weighted by Crippen LogP contribution is 2.22. The Kier molecular flexibility index (Phi) is 4.90. The highest BCUT2D eigenvalue weighted by Gasteiger charge is 2.09. The minimum absolute atomic E-state index is 0.0850. The van der Waals surface area contributed by atoms with Gasteiger partial charge in [-0.2, -0.15) is 8.78 Å². The zero-order valence-electron chi connectivity index (χ0n) is 10.7. The fourth-order valence-corrected chi connectivity index (χ4v) is 1.88. The molecule has 0 aliphatic carbocycles. The number of hydrogen-bond acceptors (Lipinski definition) is 3. The summed E-state index contributed by atoms with van der Waals surface area (Å²) in [5.74, 6) is 0.150. The van der Waals surface area contributed by atoms with E-state index in [1.165, 1.54) is 6.07 Å². The van der Waals surface area contributed by atoms with E-state index in [4.69, 9.17) is 0 Å². The molecule has 3 nitrogen and oxygen atoms in total. The van der Waals surface area contributed by atoms with Gasteiger partial charge in [-0.05, 0) is 12.1 Å². The van der Waals surface area contributed by atoms with Crippen molar-refractivity contribution in [3.63, 3.8) is 0 Å². The lowest BCUT2D eigenvalue weighted by Gasteiger charge is -2.13. The SMILES string of the molecule is OCc1ccccc1NCc1ccccc1OC(F)F. The Hall–Kier alpha value is -2.14. The minimum atomic E-state index is -2.85. The molecule has 5 heteroatoms. The van der Waals surface area contributed by atoms with Crippen molar-refractivity contribution in [3.05, 3.63) is 59.7 Å². The van der Waals surface area contributed by atoms with E-state index in [1.54, 1.807) is 24.3 Å². The lowest BCUT2D eigenvalue weighted by molar-refractivity contribution is -0.0504. The molecular formula is C15H15F2NO2. The molecule has 106 valence electrons. The van der Waals surface area contributed by atoms with Gasteiger partial charge in [0.2, 0.25) is 0 Å². The average molecular weight is 279 g/mol. The van der Waals surface area contributed by atoms with Crippen LogP contribution in [0.5, 0.6) is 5.75 Å². The average Bonchev–Trinajstić information content (AvgIpc) is 2.46. The molecule has 0 aromatic heterocycles. The van der Waals surface area contributed by atoms with Crippen LogP contribution in [-0.2, 0) is 13.2 Å². The van der Waals surface area contributed by atoms with E-state index in [0.29, 0.717) is 12.1 Å². The molecule has 0 amide bonds. The number of nitrogens with one attached hydrogen (secondary N) is 1. The predicted molar refractivity (Wildman–Crippen MR) is 72.8 cm³/mol. The molecule has 0 aliphatic rings. The first kappa shape index (κ1) is 14.3. The van der Waals surface area contributed by atoms with Gasteiger partial charge in [0.05, 0.1) is 6.61 Å². The third-order valence-electron chi connectivity index (χ3n) is 2.85. The molecule has 2 N–H and O–H groups in total. The van der Waals surface area contributed by atoms with Gasteiger partial charge >= 0.3 is 6.61 Å². The zero-order valence-corrected chi connectivity index (χ0v) is 10.7. The van der Waals surface area contributed by atoms with Crippen molar-refractivity contribution in [3.8, 4) is 5.75 Å². The second kappa shape index (κ2) is 6.86. The molecule has 0 atom stereocenters. The minimum Gasteiger partial charge on any atom is -0.434 e. The predicted octanol–water partition coefficient (Wildman–Crippen LogP) is 3.39. The molecule has 0 bridgehead atoms. The summed E-state index contributed by atoms with van der Waals surface area (Å²) in [6, 6.07) is 13.9. The maximum atomic E-state index is 12.3. The number of alkyl halides is 2. The van der Waals surface area contributed by atoms with Gasteiger partial charge in [0.25, 0.3) is 0 Å². The maximum absolute atomic E-state index is 12.3. The number of aliphatic hydroxyl groups is 1. The van der Waals surface area contributed by atoms with Crippen LogP contribution >= 0.6 is 0 Å². The quantitative estimate of drug-likeness (QED) is 0.851. The van der Waals surface area contributed by atoms with Crippen LogP contribution in [0.25, 0.3) is 0 Å². The molecule has 0 aliphatic heterocycles. The molecule has 0 heterocycles. The zero-order chi connectivity index (χ0) is 14.4. The molecule has 2 aromatic rings. The van der Waals surface area contributed by atoms with Crippen LogP contribution in [0.1, 0.15) is 11.1 Å². The van der Waals surface area contributed by atoms with E-state index in [2.05, 4.69) is 10.1 Å². The third kappa shape index (κ3) is 3.68. The highest BCUT2D eigenvalue weighted by atomic mass is 19.3. The lowest BCUT2D eigenvalue weighted by atomic mass is 10.1. The summed E-state index contributed by atoms with van der Waals surface area (Å²) in [4.78, 5) is 0. The van der Waals surface area contributed by atoms with Crippen LogP contribution in [0.4, 0.5) is 14.5 Å². The fourth-order valence-electron chi connectivity index (χ4n) is 1.88. The number of hydrogen-bond donors (Lipinski definition) is 2. The Morgan fingerprint density at radius 2 is 1.65 bits per heavy atom. The van der Waals surface area contributed by atoms with E-state index < -0.39 is 6.61 Å². The summed E-state index contributed by atoms with van der Waals surface area (Å²) in [6.07, 6.45) is 0. The largest absolute Gasteiger partial charge is 0.434 e. The standard InChI is InChI=1S/C15H15F2NO2/c16-15(17)20-14-8-4-2-5-11(14)9-18-13-7-3-1-6-12(13)10-19/h1-8,15,18-19H,9-10H2. The van der Waals surface area contributed by atoms with E-state index in [-0.39, 0.29) is 12.4 Å². The number of para-hydroxylation sites is 2. The first-order valence-corrected chi connectivity index (χ1v) is 6.16. The van der Waals surface area contributed by atoms with Crippen LogP contribution in [0.15, 0.2) is 48.5 Å². The second-order valence-corrected chi connectivity index (χ2v) is 4.16. The van der Waals surface area contributed by atoms with Crippen LogP contribution in [0.2, 0.25) is 0 Å². The highest BCUT2D eigenvalue weighted by molar-refractivity contribution is 5.51. The van der Waals surface area contributed by atoms with Crippen molar-refractivity contribution in [2.24, 2.45) is 0 Å². The van der Waals surface area contributed by atoms with E-state index >= 15 is 0 Å². The monoisotopic (exact) mass is 279 g/mol. The summed E-state index contributed by atoms with van der Waals surface area (Å²) >= 11 is 0. The van der Waals surface area contributed by atoms with Crippen LogP contribution in [0, 0.1) is 0 Å². The normalized spacial score (nSPS) is 10.6. The van der Waals surface area contributed by atoms with Gasteiger partial charge in [0, 0.05) is 23.4 Å². The van der Waals surface area contributed by atoms with Crippen molar-refractivity contribution in [1.82, 2.24) is 0 Å². The Morgan fingerprint density at radius 1 is 1.00 bits per heavy atom. The van der Waals surface area contributed by atoms with Gasteiger partial charge in [0.1, 0.15) is 5.75 Å². The number of rotatable bonds is 6. The number of anilines is 1. The van der Waals surface area contributed by atoms with Gasteiger partial charge in [-0.15, -0.1) is 0 Å². The van der Waals surface area contributed by atoms with Crippen LogP contribution < -0.4 is 10.1 Å². The molecule has 0 spiro atoms. The van der Waals surface area contributed by atoms with Gasteiger partial charge in [-0.3, -0.25) is 0 Å². The van der Waals surface area contributed by atoms with Crippen molar-refractivity contribution >= 4 is 5.69 Å². The summed E-state index contributed by atoms with van der Waals surface area (Å²) in [7, 11) is 0. The first-order valence-electron chi connectivity index (χ1n) is 6.16. The van der Waals surface area contributed by atoms with Crippen molar-refractivity contribution in [2.75, 3.05) is 5.32 Å². The molecular weight excluding hydrogens is 264 g/mol. The summed E-state index contributed by atoms with van der Waals surface area (Å²) < 4.78 is 29.1. The molecule has 20 heavy (non-hydrogen) atoms. The molecule has 0 fully saturated rings. The Balaban J connectivity index is 2.11. The lowest BCUT2D eigenvalue weighted by Crippen LogP contribution is -2.08. The molecule has 0 unspecified atom stereocenters. The number of aliphatic hydroxyl groups excluding tert-OH is 1. The molecule has 2 rings (SSSR count). The topological polar surface area (TPSA) is 41.5 Å². The Bertz CT molecular complexity index is 561. The van der Waals surface area contributed by atoms with Crippen LogP contribution in [0.3, 0.4) is 0 Å². The third-order valence-corrected chi connectivity index (χ3v) is 2.85. The van der Waals surface area contributed by atoms with Crippen molar-refractivity contribution in [1.29, 1.82) is 0 Å². The molecule has 2 aromatic carbocycles. The van der Waals surface area contributed by atoms with Crippen LogP contribution in [-0.4, -0.2) is 11.7 Å². The van der Waals surface area contributed by atoms with Gasteiger partial charge in [-0.1, -0.05) is 36.4 Å². The maximum Gasteiger partial charge on any atom is 0.387 e. The summed E-state index contributed by atoms with van der Waals surface area (Å²) in [5.41, 5.74) is 2.14. The van der Waals surface area contributed by atoms with Gasteiger partial charge in [0.15, 0.2) is 0 Å². The Morgan fingerprint density at radius 3 is 2.35 bits per heavy atom. The molecule has 0 saturated heterocycles. The number of ether oxygens (including phenoxy) is 1. The smallest absolute Gasteiger partial charge is 0.387 e. The van der Waals surface area contributed by atoms with E-state index in [1.807, 2.05) is 18.2 Å². The van der Waals surface area contributed by atoms with E-state index in [0.717, 1.165) is 11.3 Å². The summed E-state index contributed by atoms with van der Waals surface area (Å²) in [5, 5.41) is 12.3. The van der Waals surface area contributed by atoms with Gasteiger partial charge in [-0.25, -0.2) is 0 Å². The fraction of sp³-hybridized carbons (Fsp3) is 0.200. The van der Waals surface area contributed by atoms with Gasteiger partial charge < -0.3 is 15.2 Å². The number of halogens is 2. The Labute approximate surface area is 115 Å². The van der Waals surface area contributed by atoms with E-state index in [9.17, 15) is 13.9 Å². The molecule has 0 radical (unpaired) electrons. The second-order valence-electron chi connectivity index (χ2n) is 4.16. The first-order chi connectivity index (χ1) is 9.70. The molecule has 0 saturated carbocycles. The van der Waals surface area contributed by atoms with Crippen molar-refractivity contribution < 1.29 is 18.6 Å². The summed E-state index contributed by atoms with van der Waals surface area (Å²) in [6.45, 7) is -2.60. The van der Waals surface area contributed by atoms with Crippen molar-refractivity contribution in [2.45, 2.75) is 19.8 Å².